The number of amidine groups is 1. The topological polar surface area (TPSA) is 59.1 Å². The first-order valence-corrected chi connectivity index (χ1v) is 6.07. The molecule has 0 aliphatic rings. The average Bonchev–Trinajstić information content (AvgIpc) is 2.40. The maximum absolute atomic E-state index is 12.7. The molecule has 2 aromatic rings. The van der Waals surface area contributed by atoms with Crippen LogP contribution < -0.4 is 10.5 Å². The second kappa shape index (κ2) is 5.47. The lowest BCUT2D eigenvalue weighted by Crippen LogP contribution is -2.12. The normalized spacial score (nSPS) is 11.2. The van der Waals surface area contributed by atoms with E-state index in [1.807, 2.05) is 6.92 Å². The molecule has 0 heterocycles. The minimum atomic E-state index is -4.43. The molecule has 110 valence electrons. The predicted molar refractivity (Wildman–Crippen MR) is 73.7 cm³/mol. The number of nitrogens with one attached hydrogen (secondary N) is 1. The molecule has 0 spiro atoms. The van der Waals surface area contributed by atoms with Gasteiger partial charge in [0.25, 0.3) is 0 Å². The van der Waals surface area contributed by atoms with E-state index in [0.29, 0.717) is 5.56 Å². The summed E-state index contributed by atoms with van der Waals surface area (Å²) in [5, 5.41) is 7.50. The van der Waals surface area contributed by atoms with E-state index in [4.69, 9.17) is 15.9 Å². The zero-order chi connectivity index (χ0) is 15.6. The van der Waals surface area contributed by atoms with E-state index in [1.54, 1.807) is 18.2 Å². The van der Waals surface area contributed by atoms with Gasteiger partial charge in [0, 0.05) is 0 Å². The van der Waals surface area contributed by atoms with Crippen LogP contribution in [0.15, 0.2) is 42.5 Å². The van der Waals surface area contributed by atoms with Gasteiger partial charge >= 0.3 is 6.18 Å². The van der Waals surface area contributed by atoms with E-state index in [-0.39, 0.29) is 17.3 Å². The smallest absolute Gasteiger partial charge is 0.416 e. The second-order valence-corrected chi connectivity index (χ2v) is 4.54. The van der Waals surface area contributed by atoms with Crippen molar-refractivity contribution in [3.8, 4) is 11.5 Å². The molecule has 0 aliphatic heterocycles. The van der Waals surface area contributed by atoms with Gasteiger partial charge in [-0.05, 0) is 37.3 Å². The predicted octanol–water partition coefficient (Wildman–Crippen LogP) is 4.09. The number of nitrogen functional groups attached to an aromatic ring is 1. The Morgan fingerprint density at radius 1 is 1.14 bits per heavy atom. The van der Waals surface area contributed by atoms with Crippen molar-refractivity contribution < 1.29 is 17.9 Å². The fourth-order valence-corrected chi connectivity index (χ4v) is 1.81. The molecule has 0 atom stereocenters. The van der Waals surface area contributed by atoms with E-state index < -0.39 is 11.7 Å². The van der Waals surface area contributed by atoms with Gasteiger partial charge in [0.15, 0.2) is 0 Å². The van der Waals surface area contributed by atoms with Gasteiger partial charge in [-0.1, -0.05) is 17.7 Å². The fraction of sp³-hybridized carbons (Fsp3) is 0.133. The highest BCUT2D eigenvalue weighted by Gasteiger charge is 2.30. The van der Waals surface area contributed by atoms with Crippen molar-refractivity contribution in [2.24, 2.45) is 5.73 Å². The molecule has 3 nitrogen and oxygen atoms in total. The summed E-state index contributed by atoms with van der Waals surface area (Å²) in [5.74, 6) is 0.0734. The SMILES string of the molecule is Cc1ccc(Oc2cccc(C(F)(F)F)c2)c(C(=N)N)c1. The monoisotopic (exact) mass is 294 g/mol. The van der Waals surface area contributed by atoms with Gasteiger partial charge in [-0.25, -0.2) is 0 Å². The molecule has 0 saturated carbocycles. The molecule has 0 radical (unpaired) electrons. The van der Waals surface area contributed by atoms with E-state index in [0.717, 1.165) is 17.7 Å². The van der Waals surface area contributed by atoms with Crippen molar-refractivity contribution in [2.75, 3.05) is 0 Å². The molecule has 0 bridgehead atoms. The summed E-state index contributed by atoms with van der Waals surface area (Å²) in [5.41, 5.74) is 5.88. The first-order chi connectivity index (χ1) is 9.77. The summed E-state index contributed by atoms with van der Waals surface area (Å²) in [6.45, 7) is 1.82. The number of rotatable bonds is 3. The molecule has 2 aromatic carbocycles. The van der Waals surface area contributed by atoms with Crippen LogP contribution in [0.4, 0.5) is 13.2 Å². The minimum absolute atomic E-state index is 0.0381. The van der Waals surface area contributed by atoms with E-state index in [9.17, 15) is 13.2 Å². The third kappa shape index (κ3) is 3.53. The van der Waals surface area contributed by atoms with Crippen LogP contribution in [-0.2, 0) is 6.18 Å². The Bertz CT molecular complexity index is 681. The van der Waals surface area contributed by atoms with Gasteiger partial charge in [0.05, 0.1) is 11.1 Å². The maximum Gasteiger partial charge on any atom is 0.416 e. The highest BCUT2D eigenvalue weighted by atomic mass is 19.4. The zero-order valence-corrected chi connectivity index (χ0v) is 11.2. The molecule has 0 fully saturated rings. The number of ether oxygens (including phenoxy) is 1. The Morgan fingerprint density at radius 3 is 2.48 bits per heavy atom. The maximum atomic E-state index is 12.7. The highest BCUT2D eigenvalue weighted by molar-refractivity contribution is 5.97. The van der Waals surface area contributed by atoms with Gasteiger partial charge in [0.1, 0.15) is 17.3 Å². The molecule has 6 heteroatoms. The number of nitrogens with two attached hydrogens (primary N) is 1. The van der Waals surface area contributed by atoms with Crippen molar-refractivity contribution in [3.05, 3.63) is 59.2 Å². The molecular weight excluding hydrogens is 281 g/mol. The summed E-state index contributed by atoms with van der Waals surface area (Å²) in [6, 6.07) is 9.50. The van der Waals surface area contributed by atoms with Crippen molar-refractivity contribution in [2.45, 2.75) is 13.1 Å². The third-order valence-electron chi connectivity index (χ3n) is 2.81. The molecule has 0 amide bonds. The Morgan fingerprint density at radius 2 is 1.86 bits per heavy atom. The van der Waals surface area contributed by atoms with E-state index in [2.05, 4.69) is 0 Å². The molecule has 0 saturated heterocycles. The number of alkyl halides is 3. The lowest BCUT2D eigenvalue weighted by atomic mass is 10.1. The summed E-state index contributed by atoms with van der Waals surface area (Å²) < 4.78 is 43.4. The first-order valence-electron chi connectivity index (χ1n) is 6.07. The first kappa shape index (κ1) is 14.9. The van der Waals surface area contributed by atoms with Crippen LogP contribution in [0.5, 0.6) is 11.5 Å². The Labute approximate surface area is 119 Å². The highest BCUT2D eigenvalue weighted by Crippen LogP contribution is 2.33. The molecule has 2 rings (SSSR count). The lowest BCUT2D eigenvalue weighted by Gasteiger charge is -2.13. The van der Waals surface area contributed by atoms with E-state index >= 15 is 0 Å². The largest absolute Gasteiger partial charge is 0.457 e. The van der Waals surface area contributed by atoms with Gasteiger partial charge < -0.3 is 10.5 Å². The van der Waals surface area contributed by atoms with Gasteiger partial charge in [-0.3, -0.25) is 5.41 Å². The fourth-order valence-electron chi connectivity index (χ4n) is 1.81. The van der Waals surface area contributed by atoms with Crippen LogP contribution in [-0.4, -0.2) is 5.84 Å². The van der Waals surface area contributed by atoms with Crippen LogP contribution in [0, 0.1) is 12.3 Å². The standard InChI is InChI=1S/C15H13F3N2O/c1-9-5-6-13(12(7-9)14(19)20)21-11-4-2-3-10(8-11)15(16,17)18/h2-8H,1H3,(H3,19,20). The minimum Gasteiger partial charge on any atom is -0.457 e. The lowest BCUT2D eigenvalue weighted by molar-refractivity contribution is -0.137. The quantitative estimate of drug-likeness (QED) is 0.661. The summed E-state index contributed by atoms with van der Waals surface area (Å²) in [6.07, 6.45) is -4.43. The van der Waals surface area contributed by atoms with Crippen molar-refractivity contribution >= 4 is 5.84 Å². The van der Waals surface area contributed by atoms with Crippen molar-refractivity contribution in [3.63, 3.8) is 0 Å². The van der Waals surface area contributed by atoms with E-state index in [1.165, 1.54) is 12.1 Å². The van der Waals surface area contributed by atoms with Gasteiger partial charge in [-0.15, -0.1) is 0 Å². The Kier molecular flexibility index (Phi) is 3.88. The molecular formula is C15H13F3N2O. The molecule has 0 aliphatic carbocycles. The number of hydrogen-bond donors (Lipinski definition) is 2. The molecule has 3 N–H and O–H groups in total. The van der Waals surface area contributed by atoms with Crippen molar-refractivity contribution in [1.29, 1.82) is 5.41 Å². The number of hydrogen-bond acceptors (Lipinski definition) is 2. The summed E-state index contributed by atoms with van der Waals surface area (Å²) in [4.78, 5) is 0. The summed E-state index contributed by atoms with van der Waals surface area (Å²) >= 11 is 0. The van der Waals surface area contributed by atoms with Crippen LogP contribution >= 0.6 is 0 Å². The molecule has 0 unspecified atom stereocenters. The van der Waals surface area contributed by atoms with Crippen LogP contribution in [0.3, 0.4) is 0 Å². The zero-order valence-electron chi connectivity index (χ0n) is 11.2. The molecule has 0 aromatic heterocycles. The summed E-state index contributed by atoms with van der Waals surface area (Å²) in [7, 11) is 0. The Hall–Kier alpha value is -2.50. The van der Waals surface area contributed by atoms with Crippen LogP contribution in [0.2, 0.25) is 0 Å². The van der Waals surface area contributed by atoms with Crippen LogP contribution in [0.1, 0.15) is 16.7 Å². The average molecular weight is 294 g/mol. The number of benzene rings is 2. The second-order valence-electron chi connectivity index (χ2n) is 4.54. The third-order valence-corrected chi connectivity index (χ3v) is 2.81. The number of aryl methyl sites for hydroxylation is 1. The molecule has 21 heavy (non-hydrogen) atoms. The van der Waals surface area contributed by atoms with Gasteiger partial charge in [0.2, 0.25) is 0 Å². The number of halogens is 3. The van der Waals surface area contributed by atoms with Crippen molar-refractivity contribution in [1.82, 2.24) is 0 Å². The van der Waals surface area contributed by atoms with Crippen LogP contribution in [0.25, 0.3) is 0 Å². The Balaban J connectivity index is 2.37. The van der Waals surface area contributed by atoms with Gasteiger partial charge in [-0.2, -0.15) is 13.2 Å².